The van der Waals surface area contributed by atoms with Crippen LogP contribution >= 0.6 is 23.1 Å². The molecule has 10 heteroatoms. The molecule has 1 aromatic carbocycles. The summed E-state index contributed by atoms with van der Waals surface area (Å²) in [5.74, 6) is 1.05. The van der Waals surface area contributed by atoms with Gasteiger partial charge < -0.3 is 0 Å². The molecule has 0 amide bonds. The topological polar surface area (TPSA) is 83.4 Å². The average Bonchev–Trinajstić information content (AvgIpc) is 3.41. The Morgan fingerprint density at radius 3 is 2.66 bits per heavy atom. The van der Waals surface area contributed by atoms with E-state index < -0.39 is 0 Å². The van der Waals surface area contributed by atoms with Crippen molar-refractivity contribution in [3.63, 3.8) is 0 Å². The van der Waals surface area contributed by atoms with E-state index in [9.17, 15) is 4.79 Å². The quantitative estimate of drug-likeness (QED) is 0.439. The van der Waals surface area contributed by atoms with E-state index >= 15 is 0 Å². The van der Waals surface area contributed by atoms with Crippen LogP contribution in [0.2, 0.25) is 0 Å². The van der Waals surface area contributed by atoms with E-state index in [4.69, 9.17) is 0 Å². The molecule has 0 fully saturated rings. The van der Waals surface area contributed by atoms with E-state index in [0.717, 1.165) is 22.1 Å². The summed E-state index contributed by atoms with van der Waals surface area (Å²) in [4.78, 5) is 17.9. The molecule has 0 saturated carbocycles. The number of benzene rings is 1. The monoisotopic (exact) mass is 427 g/mol. The van der Waals surface area contributed by atoms with Crippen molar-refractivity contribution in [1.82, 2.24) is 34.6 Å². The minimum Gasteiger partial charge on any atom is -0.283 e. The molecular formula is C19H21N7OS2. The van der Waals surface area contributed by atoms with Crippen molar-refractivity contribution >= 4 is 23.1 Å². The molecule has 0 saturated heterocycles. The molecule has 0 bridgehead atoms. The van der Waals surface area contributed by atoms with Gasteiger partial charge >= 0.3 is 0 Å². The maximum atomic E-state index is 13.2. The van der Waals surface area contributed by atoms with Crippen LogP contribution in [-0.4, -0.2) is 34.6 Å². The lowest BCUT2D eigenvalue weighted by Crippen LogP contribution is -2.22. The lowest BCUT2D eigenvalue weighted by Gasteiger charge is -2.07. The fourth-order valence-electron chi connectivity index (χ4n) is 3.00. The van der Waals surface area contributed by atoms with Gasteiger partial charge in [-0.2, -0.15) is 4.68 Å². The Hall–Kier alpha value is -2.72. The highest BCUT2D eigenvalue weighted by atomic mass is 32.2. The van der Waals surface area contributed by atoms with Crippen LogP contribution in [0.3, 0.4) is 0 Å². The lowest BCUT2D eigenvalue weighted by atomic mass is 10.2. The molecule has 4 aromatic rings. The summed E-state index contributed by atoms with van der Waals surface area (Å²) in [7, 11) is 1.85. The fourth-order valence-corrected chi connectivity index (χ4v) is 4.71. The average molecular weight is 428 g/mol. The third kappa shape index (κ3) is 3.65. The largest absolute Gasteiger partial charge is 0.297 e. The summed E-state index contributed by atoms with van der Waals surface area (Å²) in [5.41, 5.74) is 2.85. The number of tetrazole rings is 1. The Morgan fingerprint density at radius 2 is 1.97 bits per heavy atom. The van der Waals surface area contributed by atoms with Crippen molar-refractivity contribution in [3.05, 3.63) is 62.5 Å². The predicted octanol–water partition coefficient (Wildman–Crippen LogP) is 3.33. The summed E-state index contributed by atoms with van der Waals surface area (Å²) in [5, 5.41) is 15.8. The van der Waals surface area contributed by atoms with Crippen LogP contribution in [0.15, 0.2) is 45.7 Å². The van der Waals surface area contributed by atoms with Crippen molar-refractivity contribution < 1.29 is 0 Å². The predicted molar refractivity (Wildman–Crippen MR) is 114 cm³/mol. The number of nitrogens with zero attached hydrogens (tertiary/aromatic N) is 7. The molecule has 4 rings (SSSR count). The molecule has 8 nitrogen and oxygen atoms in total. The Balaban J connectivity index is 1.67. The molecule has 3 heterocycles. The van der Waals surface area contributed by atoms with Gasteiger partial charge in [0.1, 0.15) is 0 Å². The number of hydrogen-bond acceptors (Lipinski definition) is 7. The molecule has 0 N–H and O–H groups in total. The van der Waals surface area contributed by atoms with Gasteiger partial charge in [0.25, 0.3) is 5.56 Å². The molecule has 0 radical (unpaired) electrons. The van der Waals surface area contributed by atoms with Gasteiger partial charge in [0, 0.05) is 24.1 Å². The molecule has 150 valence electrons. The smallest absolute Gasteiger partial charge is 0.283 e. The number of hydrogen-bond donors (Lipinski definition) is 0. The van der Waals surface area contributed by atoms with Crippen molar-refractivity contribution in [1.29, 1.82) is 0 Å². The van der Waals surface area contributed by atoms with Crippen LogP contribution in [0, 0.1) is 6.92 Å². The minimum absolute atomic E-state index is 0.166. The molecular weight excluding hydrogens is 406 g/mol. The Morgan fingerprint density at radius 1 is 1.21 bits per heavy atom. The van der Waals surface area contributed by atoms with Crippen molar-refractivity contribution in [3.8, 4) is 11.4 Å². The maximum Gasteiger partial charge on any atom is 0.297 e. The number of rotatable bonds is 6. The highest BCUT2D eigenvalue weighted by Gasteiger charge is 2.22. The summed E-state index contributed by atoms with van der Waals surface area (Å²) >= 11 is 3.13. The molecule has 29 heavy (non-hydrogen) atoms. The summed E-state index contributed by atoms with van der Waals surface area (Å²) < 4.78 is 4.96. The van der Waals surface area contributed by atoms with Crippen LogP contribution < -0.4 is 5.56 Å². The maximum absolute atomic E-state index is 13.2. The fraction of sp³-hybridized carbons (Fsp3) is 0.316. The Kier molecular flexibility index (Phi) is 5.37. The number of aromatic nitrogens is 7. The standard InChI is InChI=1S/C19H21N7OS2/c1-12(2)17-20-14(10-28-17)11-29-19-21-22-23-25(19)16-13(3)24(4)26(18(16)27)15-8-6-5-7-9-15/h5-10,12H,11H2,1-4H3. The van der Waals surface area contributed by atoms with Gasteiger partial charge in [-0.15, -0.1) is 16.4 Å². The normalized spacial score (nSPS) is 11.5. The third-order valence-corrected chi connectivity index (χ3v) is 6.74. The molecule has 0 aliphatic heterocycles. The highest BCUT2D eigenvalue weighted by Crippen LogP contribution is 2.26. The van der Waals surface area contributed by atoms with E-state index in [1.807, 2.05) is 49.0 Å². The number of thiazole rings is 1. The second kappa shape index (κ2) is 7.96. The first-order valence-corrected chi connectivity index (χ1v) is 11.0. The van der Waals surface area contributed by atoms with Crippen LogP contribution in [0.1, 0.15) is 36.2 Å². The van der Waals surface area contributed by atoms with E-state index in [1.54, 1.807) is 16.0 Å². The van der Waals surface area contributed by atoms with Gasteiger partial charge in [0.05, 0.1) is 22.1 Å². The van der Waals surface area contributed by atoms with Gasteiger partial charge in [-0.1, -0.05) is 43.8 Å². The van der Waals surface area contributed by atoms with Crippen molar-refractivity contribution in [2.24, 2.45) is 7.05 Å². The highest BCUT2D eigenvalue weighted by molar-refractivity contribution is 7.98. The molecule has 0 aliphatic carbocycles. The van der Waals surface area contributed by atoms with Gasteiger partial charge in [-0.05, 0) is 29.5 Å². The number of thioether (sulfide) groups is 1. The van der Waals surface area contributed by atoms with Crippen LogP contribution in [0.4, 0.5) is 0 Å². The van der Waals surface area contributed by atoms with Gasteiger partial charge in [0.2, 0.25) is 5.16 Å². The Bertz CT molecular complexity index is 1190. The summed E-state index contributed by atoms with van der Waals surface area (Å²) in [6, 6.07) is 9.52. The zero-order chi connectivity index (χ0) is 20.5. The van der Waals surface area contributed by atoms with Crippen LogP contribution in [0.25, 0.3) is 11.4 Å². The van der Waals surface area contributed by atoms with Gasteiger partial charge in [-0.25, -0.2) is 9.67 Å². The number of para-hydroxylation sites is 1. The van der Waals surface area contributed by atoms with Crippen molar-refractivity contribution in [2.75, 3.05) is 0 Å². The van der Waals surface area contributed by atoms with Crippen LogP contribution in [-0.2, 0) is 12.8 Å². The molecule has 0 aliphatic rings. The van der Waals surface area contributed by atoms with Gasteiger partial charge in [0.15, 0.2) is 5.69 Å². The summed E-state index contributed by atoms with van der Waals surface area (Å²) in [6.07, 6.45) is 0. The van der Waals surface area contributed by atoms with E-state index in [-0.39, 0.29) is 5.56 Å². The SMILES string of the molecule is Cc1c(-n2nnnc2SCc2csc(C(C)C)n2)c(=O)n(-c2ccccc2)n1C. The van der Waals surface area contributed by atoms with Gasteiger partial charge in [-0.3, -0.25) is 9.48 Å². The lowest BCUT2D eigenvalue weighted by molar-refractivity contribution is 0.630. The minimum atomic E-state index is -0.166. The van der Waals surface area contributed by atoms with E-state index in [1.165, 1.54) is 16.4 Å². The molecule has 0 spiro atoms. The van der Waals surface area contributed by atoms with E-state index in [2.05, 4.69) is 39.7 Å². The van der Waals surface area contributed by atoms with E-state index in [0.29, 0.717) is 22.5 Å². The Labute approximate surface area is 176 Å². The molecule has 0 unspecified atom stereocenters. The van der Waals surface area contributed by atoms with Crippen molar-refractivity contribution in [2.45, 2.75) is 37.6 Å². The zero-order valence-electron chi connectivity index (χ0n) is 16.6. The summed E-state index contributed by atoms with van der Waals surface area (Å²) in [6.45, 7) is 6.15. The first-order chi connectivity index (χ1) is 14.0. The van der Waals surface area contributed by atoms with Crippen LogP contribution in [0.5, 0.6) is 0 Å². The second-order valence-corrected chi connectivity index (χ2v) is 8.74. The first kappa shape index (κ1) is 19.6. The second-order valence-electron chi connectivity index (χ2n) is 6.90. The molecule has 3 aromatic heterocycles. The molecule has 0 atom stereocenters. The zero-order valence-corrected chi connectivity index (χ0v) is 18.2. The third-order valence-electron chi connectivity index (χ3n) is 4.59. The first-order valence-electron chi connectivity index (χ1n) is 9.17.